The van der Waals surface area contributed by atoms with E-state index in [1.807, 2.05) is 6.92 Å². The van der Waals surface area contributed by atoms with Crippen LogP contribution in [-0.4, -0.2) is 45.5 Å². The molecule has 0 bridgehead atoms. The first-order valence-electron chi connectivity index (χ1n) is 13.6. The summed E-state index contributed by atoms with van der Waals surface area (Å²) in [6, 6.07) is 0.830. The van der Waals surface area contributed by atoms with Crippen molar-refractivity contribution in [1.29, 1.82) is 0 Å². The number of aryl methyl sites for hydroxylation is 1. The molecule has 0 saturated heterocycles. The number of carbonyl (C=O) groups is 1. The molecule has 1 atom stereocenters. The minimum Gasteiger partial charge on any atom is -0.482 e. The Kier molecular flexibility index (Phi) is 13.5. The summed E-state index contributed by atoms with van der Waals surface area (Å²) >= 11 is 5.48. The van der Waals surface area contributed by atoms with E-state index in [4.69, 9.17) is 21.2 Å². The van der Waals surface area contributed by atoms with Crippen molar-refractivity contribution in [3.8, 4) is 5.75 Å². The zero-order chi connectivity index (χ0) is 28.9. The number of halogens is 4. The molecule has 12 heteroatoms. The molecular weight excluding hydrogens is 537 g/mol. The van der Waals surface area contributed by atoms with Crippen molar-refractivity contribution in [3.63, 3.8) is 0 Å². The van der Waals surface area contributed by atoms with Gasteiger partial charge in [-0.3, -0.25) is 0 Å². The third kappa shape index (κ3) is 13.0. The maximum Gasteiger partial charge on any atom is 0.422 e. The van der Waals surface area contributed by atoms with E-state index in [1.165, 1.54) is 64.2 Å². The fraction of sp³-hybridized carbons (Fsp3) is 0.704. The van der Waals surface area contributed by atoms with Crippen LogP contribution < -0.4 is 10.1 Å². The number of aromatic nitrogens is 3. The van der Waals surface area contributed by atoms with Crippen LogP contribution in [0.4, 0.5) is 13.2 Å². The largest absolute Gasteiger partial charge is 0.482 e. The Hall–Kier alpha value is -2.40. The van der Waals surface area contributed by atoms with E-state index in [9.17, 15) is 18.0 Å². The van der Waals surface area contributed by atoms with Crippen molar-refractivity contribution in [2.24, 2.45) is 5.92 Å². The molecule has 0 aromatic carbocycles. The maximum absolute atomic E-state index is 11.8. The summed E-state index contributed by atoms with van der Waals surface area (Å²) in [5.74, 6) is 0.585. The number of carboxylic acid groups (broad SMARTS) is 1. The van der Waals surface area contributed by atoms with Gasteiger partial charge < -0.3 is 19.7 Å². The van der Waals surface area contributed by atoms with E-state index in [1.54, 1.807) is 0 Å². The van der Waals surface area contributed by atoms with Gasteiger partial charge in [0.15, 0.2) is 18.1 Å². The topological polar surface area (TPSA) is 110 Å². The van der Waals surface area contributed by atoms with E-state index in [-0.39, 0.29) is 16.3 Å². The van der Waals surface area contributed by atoms with E-state index in [0.29, 0.717) is 5.89 Å². The summed E-state index contributed by atoms with van der Waals surface area (Å²) in [5.41, 5.74) is -0.568. The molecule has 0 unspecified atom stereocenters. The molecule has 1 aliphatic carbocycles. The Morgan fingerprint density at radius 2 is 1.82 bits per heavy atom. The molecule has 3 rings (SSSR count). The number of nitrogens with zero attached hydrogens (tertiary/aromatic N) is 3. The zero-order valence-electron chi connectivity index (χ0n) is 22.9. The summed E-state index contributed by atoms with van der Waals surface area (Å²) < 4.78 is 45.0. The molecule has 220 valence electrons. The monoisotopic (exact) mass is 576 g/mol. The Balaban J connectivity index is 0.000000293. The first-order chi connectivity index (χ1) is 18.4. The van der Waals surface area contributed by atoms with Crippen LogP contribution in [0.3, 0.4) is 0 Å². The molecule has 0 radical (unpaired) electrons. The molecule has 1 saturated carbocycles. The zero-order valence-corrected chi connectivity index (χ0v) is 23.7. The summed E-state index contributed by atoms with van der Waals surface area (Å²) in [5, 5.41) is 16.3. The number of ether oxygens (including phenoxy) is 1. The van der Waals surface area contributed by atoms with E-state index < -0.39 is 24.4 Å². The molecule has 1 aliphatic rings. The number of pyridine rings is 1. The van der Waals surface area contributed by atoms with Crippen LogP contribution in [0.2, 0.25) is 5.02 Å². The second-order valence-corrected chi connectivity index (χ2v) is 10.6. The highest BCUT2D eigenvalue weighted by Gasteiger charge is 2.37. The number of carboxylic acids is 1. The SMILES string of the molecule is CCCCCCCCCCN[C@](C)(CC1CC1)c1noc(C)n1.O=C(O)c1cc(OCC(F)(F)F)c(Cl)cn1. The first kappa shape index (κ1) is 32.8. The van der Waals surface area contributed by atoms with Crippen LogP contribution in [0.15, 0.2) is 16.8 Å². The maximum atomic E-state index is 11.8. The summed E-state index contributed by atoms with van der Waals surface area (Å²) in [7, 11) is 0. The summed E-state index contributed by atoms with van der Waals surface area (Å²) in [6.07, 6.45) is 11.1. The fourth-order valence-corrected chi connectivity index (χ4v) is 4.25. The third-order valence-electron chi connectivity index (χ3n) is 6.39. The van der Waals surface area contributed by atoms with Gasteiger partial charge in [-0.25, -0.2) is 9.78 Å². The van der Waals surface area contributed by atoms with E-state index >= 15 is 0 Å². The van der Waals surface area contributed by atoms with Gasteiger partial charge in [-0.15, -0.1) is 0 Å². The molecule has 8 nitrogen and oxygen atoms in total. The van der Waals surface area contributed by atoms with Crippen molar-refractivity contribution in [2.75, 3.05) is 13.2 Å². The minimum atomic E-state index is -4.52. The smallest absolute Gasteiger partial charge is 0.422 e. The van der Waals surface area contributed by atoms with Crippen molar-refractivity contribution in [2.45, 2.75) is 103 Å². The molecule has 0 amide bonds. The second-order valence-electron chi connectivity index (χ2n) is 10.2. The first-order valence-corrected chi connectivity index (χ1v) is 14.0. The van der Waals surface area contributed by atoms with Crippen LogP contribution in [0.1, 0.15) is 107 Å². The van der Waals surface area contributed by atoms with Gasteiger partial charge in [-0.1, -0.05) is 81.5 Å². The highest BCUT2D eigenvalue weighted by atomic mass is 35.5. The normalized spacial score (nSPS) is 14.8. The summed E-state index contributed by atoms with van der Waals surface area (Å²) in [6.45, 7) is 5.88. The number of aromatic carboxylic acids is 1. The average Bonchev–Trinajstić information content (AvgIpc) is 3.57. The number of unbranched alkanes of at least 4 members (excludes halogenated alkanes) is 7. The molecule has 0 aliphatic heterocycles. The molecular formula is C27H40ClF3N4O4. The molecule has 2 aromatic heterocycles. The lowest BCUT2D eigenvalue weighted by molar-refractivity contribution is -0.153. The number of nitrogens with one attached hydrogen (secondary N) is 1. The highest BCUT2D eigenvalue weighted by molar-refractivity contribution is 6.32. The third-order valence-corrected chi connectivity index (χ3v) is 6.67. The van der Waals surface area contributed by atoms with Crippen molar-refractivity contribution in [3.05, 3.63) is 34.7 Å². The molecule has 2 aromatic rings. The molecule has 39 heavy (non-hydrogen) atoms. The Bertz CT molecular complexity index is 1020. The van der Waals surface area contributed by atoms with Gasteiger partial charge in [-0.05, 0) is 32.2 Å². The van der Waals surface area contributed by atoms with Crippen LogP contribution in [0, 0.1) is 12.8 Å². The van der Waals surface area contributed by atoms with E-state index in [2.05, 4.69) is 39.0 Å². The van der Waals surface area contributed by atoms with Crippen LogP contribution in [0.5, 0.6) is 5.75 Å². The second kappa shape index (κ2) is 16.0. The van der Waals surface area contributed by atoms with Crippen molar-refractivity contribution < 1.29 is 32.3 Å². The van der Waals surface area contributed by atoms with Crippen molar-refractivity contribution in [1.82, 2.24) is 20.4 Å². The average molecular weight is 577 g/mol. The minimum absolute atomic E-state index is 0.125. The lowest BCUT2D eigenvalue weighted by Gasteiger charge is -2.28. The Morgan fingerprint density at radius 1 is 1.18 bits per heavy atom. The van der Waals surface area contributed by atoms with Gasteiger partial charge >= 0.3 is 12.1 Å². The van der Waals surface area contributed by atoms with Gasteiger partial charge in [0.1, 0.15) is 10.8 Å². The molecule has 2 heterocycles. The molecule has 2 N–H and O–H groups in total. The number of alkyl halides is 3. The van der Waals surface area contributed by atoms with E-state index in [0.717, 1.165) is 37.0 Å². The van der Waals surface area contributed by atoms with Crippen LogP contribution >= 0.6 is 11.6 Å². The molecule has 0 spiro atoms. The van der Waals surface area contributed by atoms with Gasteiger partial charge in [0.2, 0.25) is 5.89 Å². The van der Waals surface area contributed by atoms with Gasteiger partial charge in [-0.2, -0.15) is 18.2 Å². The predicted octanol–water partition coefficient (Wildman–Crippen LogP) is 7.50. The lowest BCUT2D eigenvalue weighted by Crippen LogP contribution is -2.41. The predicted molar refractivity (Wildman–Crippen MR) is 142 cm³/mol. The van der Waals surface area contributed by atoms with Gasteiger partial charge in [0.05, 0.1) is 11.7 Å². The Morgan fingerprint density at radius 3 is 2.36 bits per heavy atom. The lowest BCUT2D eigenvalue weighted by atomic mass is 9.93. The number of hydrogen-bond donors (Lipinski definition) is 2. The number of rotatable bonds is 16. The fourth-order valence-electron chi connectivity index (χ4n) is 4.10. The summed E-state index contributed by atoms with van der Waals surface area (Å²) in [4.78, 5) is 18.4. The molecule has 1 fully saturated rings. The highest BCUT2D eigenvalue weighted by Crippen LogP contribution is 2.40. The quantitative estimate of drug-likeness (QED) is 0.198. The van der Waals surface area contributed by atoms with Gasteiger partial charge in [0, 0.05) is 13.0 Å². The van der Waals surface area contributed by atoms with Gasteiger partial charge in [0.25, 0.3) is 0 Å². The van der Waals surface area contributed by atoms with Crippen LogP contribution in [-0.2, 0) is 5.54 Å². The number of hydrogen-bond acceptors (Lipinski definition) is 7. The standard InChI is InChI=1S/C19H35N3O.C8H5ClF3NO3/c1-4-5-6-7-8-9-10-11-14-20-19(3,15-17-12-13-17)18-21-16(2)23-22-18;9-4-2-13-5(7(14)15)1-6(4)16-3-8(10,11)12/h17,20H,4-15H2,1-3H3;1-2H,3H2,(H,14,15)/t19-;/m1./s1. The van der Waals surface area contributed by atoms with Crippen molar-refractivity contribution >= 4 is 17.6 Å². The van der Waals surface area contributed by atoms with Crippen LogP contribution in [0.25, 0.3) is 0 Å². The Labute approximate surface area is 233 Å².